The van der Waals surface area contributed by atoms with E-state index in [0.29, 0.717) is 34.9 Å². The average molecular weight is 512 g/mol. The summed E-state index contributed by atoms with van der Waals surface area (Å²) in [6, 6.07) is 4.53. The van der Waals surface area contributed by atoms with Gasteiger partial charge in [-0.25, -0.2) is 9.78 Å². The number of benzene rings is 1. The molecule has 2 amide bonds. The molecule has 2 aromatic heterocycles. The molecule has 186 valence electrons. The van der Waals surface area contributed by atoms with E-state index in [2.05, 4.69) is 30.3 Å². The number of aryl methyl sites for hydroxylation is 1. The van der Waals surface area contributed by atoms with Gasteiger partial charge in [-0.2, -0.15) is 5.10 Å². The highest BCUT2D eigenvalue weighted by Gasteiger charge is 2.62. The van der Waals surface area contributed by atoms with Crippen molar-refractivity contribution in [3.63, 3.8) is 0 Å². The lowest BCUT2D eigenvalue weighted by molar-refractivity contribution is -0.332. The molecule has 1 aliphatic carbocycles. The Kier molecular flexibility index (Phi) is 5.71. The van der Waals surface area contributed by atoms with Gasteiger partial charge < -0.3 is 14.6 Å². The summed E-state index contributed by atoms with van der Waals surface area (Å²) < 4.78 is 48.0. The Morgan fingerprint density at radius 1 is 1.34 bits per heavy atom. The molecule has 2 saturated heterocycles. The van der Waals surface area contributed by atoms with Crippen molar-refractivity contribution < 1.29 is 27.1 Å². The maximum Gasteiger partial charge on any atom is 0.523 e. The molecule has 1 saturated carbocycles. The summed E-state index contributed by atoms with van der Waals surface area (Å²) in [6.45, 7) is 1.15. The molecular formula is C21H21ClF3N7O3. The van der Waals surface area contributed by atoms with Gasteiger partial charge in [0.1, 0.15) is 18.5 Å². The summed E-state index contributed by atoms with van der Waals surface area (Å²) in [5, 5.41) is 15.2. The smallest absolute Gasteiger partial charge is 0.420 e. The molecule has 1 unspecified atom stereocenters. The first-order valence-corrected chi connectivity index (χ1v) is 11.2. The molecule has 2 bridgehead atoms. The number of rotatable bonds is 5. The zero-order valence-corrected chi connectivity index (χ0v) is 19.5. The topological polar surface area (TPSA) is 111 Å². The number of urea groups is 1. The lowest BCUT2D eigenvalue weighted by Gasteiger charge is -2.61. The Hall–Kier alpha value is -3.19. The van der Waals surface area contributed by atoms with Gasteiger partial charge in [0.15, 0.2) is 5.82 Å². The standard InChI is InChI=1S/C21H21ClF3N7O3/c1-11-5-13-8-20(7-11,18-29-28-16(35-18)9-34-21(23,24)25)32(13)19(33)27-12-3-4-15(22)14(6-12)17-26-10-31(2)30-17/h3-4,6,10-11,13H,5,7-9H2,1-2H3,(H,27,33)/t11-,13?,20+/m0/s1. The monoisotopic (exact) mass is 511 g/mol. The Labute approximate surface area is 202 Å². The first-order valence-electron chi connectivity index (χ1n) is 10.8. The number of halogens is 4. The first kappa shape index (κ1) is 23.5. The van der Waals surface area contributed by atoms with E-state index in [9.17, 15) is 18.0 Å². The van der Waals surface area contributed by atoms with Gasteiger partial charge in [-0.3, -0.25) is 9.42 Å². The summed E-state index contributed by atoms with van der Waals surface area (Å²) in [5.74, 6) is 0.473. The van der Waals surface area contributed by atoms with Crippen LogP contribution in [0.5, 0.6) is 0 Å². The predicted molar refractivity (Wildman–Crippen MR) is 116 cm³/mol. The van der Waals surface area contributed by atoms with Gasteiger partial charge in [0.05, 0.1) is 5.02 Å². The highest BCUT2D eigenvalue weighted by Crippen LogP contribution is 2.55. The highest BCUT2D eigenvalue weighted by atomic mass is 35.5. The maximum atomic E-state index is 13.4. The van der Waals surface area contributed by atoms with E-state index in [4.69, 9.17) is 16.0 Å². The second-order valence-corrected chi connectivity index (χ2v) is 9.31. The zero-order valence-electron chi connectivity index (χ0n) is 18.7. The van der Waals surface area contributed by atoms with E-state index in [0.717, 1.165) is 6.42 Å². The van der Waals surface area contributed by atoms with E-state index in [-0.39, 0.29) is 29.8 Å². The number of fused-ring (bicyclic) bond motifs is 2. The van der Waals surface area contributed by atoms with Crippen molar-refractivity contribution in [1.82, 2.24) is 29.9 Å². The Balaban J connectivity index is 1.37. The summed E-state index contributed by atoms with van der Waals surface area (Å²) in [6.07, 6.45) is -1.36. The quantitative estimate of drug-likeness (QED) is 0.537. The fourth-order valence-corrected chi connectivity index (χ4v) is 5.22. The van der Waals surface area contributed by atoms with Gasteiger partial charge in [0.25, 0.3) is 0 Å². The van der Waals surface area contributed by atoms with Crippen LogP contribution in [0, 0.1) is 5.92 Å². The zero-order chi connectivity index (χ0) is 25.0. The number of hydrogen-bond donors (Lipinski definition) is 1. The van der Waals surface area contributed by atoms with E-state index >= 15 is 0 Å². The molecule has 3 atom stereocenters. The number of ether oxygens (including phenoxy) is 1. The highest BCUT2D eigenvalue weighted by molar-refractivity contribution is 6.33. The second kappa shape index (κ2) is 8.48. The molecule has 10 nitrogen and oxygen atoms in total. The van der Waals surface area contributed by atoms with Crippen molar-refractivity contribution in [2.24, 2.45) is 13.0 Å². The molecule has 3 fully saturated rings. The van der Waals surface area contributed by atoms with Crippen molar-refractivity contribution >= 4 is 23.3 Å². The molecule has 3 aliphatic rings. The van der Waals surface area contributed by atoms with Crippen LogP contribution < -0.4 is 5.32 Å². The third kappa shape index (κ3) is 4.45. The van der Waals surface area contributed by atoms with Gasteiger partial charge in [-0.1, -0.05) is 18.5 Å². The van der Waals surface area contributed by atoms with Gasteiger partial charge in [0, 0.05) is 30.8 Å². The number of hydrogen-bond acceptors (Lipinski definition) is 7. The van der Waals surface area contributed by atoms with Crippen LogP contribution in [0.4, 0.5) is 23.7 Å². The lowest BCUT2D eigenvalue weighted by atomic mass is 9.64. The largest absolute Gasteiger partial charge is 0.523 e. The molecule has 35 heavy (non-hydrogen) atoms. The minimum absolute atomic E-state index is 0.0650. The van der Waals surface area contributed by atoms with Crippen LogP contribution in [0.25, 0.3) is 11.4 Å². The minimum atomic E-state index is -4.82. The fourth-order valence-electron chi connectivity index (χ4n) is 5.01. The molecule has 2 aliphatic heterocycles. The maximum absolute atomic E-state index is 13.4. The summed E-state index contributed by atoms with van der Waals surface area (Å²) in [4.78, 5) is 19.2. The third-order valence-electron chi connectivity index (χ3n) is 6.26. The van der Waals surface area contributed by atoms with Crippen molar-refractivity contribution in [3.8, 4) is 11.4 Å². The fraction of sp³-hybridized carbons (Fsp3) is 0.476. The number of amides is 2. The summed E-state index contributed by atoms with van der Waals surface area (Å²) >= 11 is 6.31. The number of carbonyl (C=O) groups is 1. The van der Waals surface area contributed by atoms with Crippen molar-refractivity contribution in [1.29, 1.82) is 0 Å². The van der Waals surface area contributed by atoms with Crippen molar-refractivity contribution in [2.45, 2.75) is 50.7 Å². The minimum Gasteiger partial charge on any atom is -0.420 e. The summed E-state index contributed by atoms with van der Waals surface area (Å²) in [7, 11) is 1.73. The van der Waals surface area contributed by atoms with Crippen LogP contribution in [0.1, 0.15) is 38.0 Å². The Bertz CT molecular complexity index is 1260. The van der Waals surface area contributed by atoms with E-state index in [1.165, 1.54) is 0 Å². The number of aromatic nitrogens is 5. The van der Waals surface area contributed by atoms with Crippen LogP contribution in [0.2, 0.25) is 5.02 Å². The Morgan fingerprint density at radius 3 is 2.86 bits per heavy atom. The van der Waals surface area contributed by atoms with Gasteiger partial charge in [-0.05, 0) is 37.0 Å². The molecule has 1 aromatic carbocycles. The molecule has 0 spiro atoms. The number of anilines is 1. The van der Waals surface area contributed by atoms with Crippen molar-refractivity contribution in [2.75, 3.05) is 5.32 Å². The van der Waals surface area contributed by atoms with Crippen LogP contribution in [0.3, 0.4) is 0 Å². The molecular weight excluding hydrogens is 491 g/mol. The molecule has 1 N–H and O–H groups in total. The lowest BCUT2D eigenvalue weighted by Crippen LogP contribution is -2.70. The second-order valence-electron chi connectivity index (χ2n) is 8.91. The molecule has 4 heterocycles. The normalized spacial score (nSPS) is 23.8. The molecule has 0 radical (unpaired) electrons. The average Bonchev–Trinajstić information content (AvgIpc) is 3.42. The first-order chi connectivity index (χ1) is 16.5. The van der Waals surface area contributed by atoms with E-state index < -0.39 is 18.5 Å². The predicted octanol–water partition coefficient (Wildman–Crippen LogP) is 4.49. The van der Waals surface area contributed by atoms with Crippen LogP contribution >= 0.6 is 11.6 Å². The number of nitrogens with zero attached hydrogens (tertiary/aromatic N) is 6. The molecule has 14 heteroatoms. The Morgan fingerprint density at radius 2 is 2.14 bits per heavy atom. The van der Waals surface area contributed by atoms with Crippen molar-refractivity contribution in [3.05, 3.63) is 41.3 Å². The van der Waals surface area contributed by atoms with Gasteiger partial charge >= 0.3 is 12.4 Å². The number of nitrogens with one attached hydrogen (secondary N) is 1. The third-order valence-corrected chi connectivity index (χ3v) is 6.59. The van der Waals surface area contributed by atoms with Gasteiger partial charge in [0.2, 0.25) is 11.8 Å². The SMILES string of the molecule is C[C@H]1CC2C[C@@](c3nnc(COC(F)(F)F)o3)(C1)N2C(=O)Nc1ccc(Cl)c(-c2ncn(C)n2)c1. The molecule has 3 aromatic rings. The number of alkyl halides is 3. The number of piperidine rings is 1. The molecule has 6 rings (SSSR count). The van der Waals surface area contributed by atoms with E-state index in [1.807, 2.05) is 6.92 Å². The van der Waals surface area contributed by atoms with Crippen LogP contribution in [0.15, 0.2) is 28.9 Å². The summed E-state index contributed by atoms with van der Waals surface area (Å²) in [5.41, 5.74) is 0.150. The van der Waals surface area contributed by atoms with Crippen LogP contribution in [-0.2, 0) is 23.9 Å². The van der Waals surface area contributed by atoms with Crippen LogP contribution in [-0.4, -0.2) is 48.3 Å². The van der Waals surface area contributed by atoms with Gasteiger partial charge in [-0.15, -0.1) is 23.4 Å². The number of carbonyl (C=O) groups excluding carboxylic acids is 1. The van der Waals surface area contributed by atoms with E-state index in [1.54, 1.807) is 41.2 Å².